The lowest BCUT2D eigenvalue weighted by Gasteiger charge is -2.39. The average Bonchev–Trinajstić information content (AvgIpc) is 3.32. The van der Waals surface area contributed by atoms with Crippen LogP contribution in [0.15, 0.2) is 34.9 Å². The van der Waals surface area contributed by atoms with E-state index in [2.05, 4.69) is 39.3 Å². The lowest BCUT2D eigenvalue weighted by molar-refractivity contribution is -0.141. The minimum Gasteiger partial charge on any atom is -0.376 e. The topological polar surface area (TPSA) is 68.5 Å². The third-order valence-corrected chi connectivity index (χ3v) is 6.95. The lowest BCUT2D eigenvalue weighted by Crippen LogP contribution is -2.51. The maximum absolute atomic E-state index is 13.7. The molecule has 2 aromatic rings. The van der Waals surface area contributed by atoms with E-state index in [-0.39, 0.29) is 11.5 Å². The number of aromatic nitrogens is 2. The number of amides is 1. The zero-order chi connectivity index (χ0) is 20.4. The highest BCUT2D eigenvalue weighted by Crippen LogP contribution is 2.43. The van der Waals surface area contributed by atoms with Gasteiger partial charge in [0.25, 0.3) is 0 Å². The number of hydrogen-bond acceptors (Lipinski definition) is 5. The van der Waals surface area contributed by atoms with Gasteiger partial charge in [-0.25, -0.2) is 0 Å². The largest absolute Gasteiger partial charge is 0.376 e. The van der Waals surface area contributed by atoms with E-state index < -0.39 is 0 Å². The summed E-state index contributed by atoms with van der Waals surface area (Å²) in [6, 6.07) is 10.4. The number of benzene rings is 1. The van der Waals surface area contributed by atoms with Gasteiger partial charge in [0.2, 0.25) is 11.8 Å². The summed E-state index contributed by atoms with van der Waals surface area (Å²) in [5.41, 5.74) is 0.839. The predicted molar refractivity (Wildman–Crippen MR) is 112 cm³/mol. The molecule has 2 heterocycles. The highest BCUT2D eigenvalue weighted by atomic mass is 16.5. The Bertz CT molecular complexity index is 856. The smallest absolute Gasteiger partial charge is 0.233 e. The van der Waals surface area contributed by atoms with Crippen molar-refractivity contribution >= 4 is 5.91 Å². The monoisotopic (exact) mass is 409 g/mol. The number of carbonyl (C=O) groups excluding carboxylic acids is 1. The number of hydrogen-bond donors (Lipinski definition) is 0. The van der Waals surface area contributed by atoms with Crippen LogP contribution in [0.25, 0.3) is 0 Å². The van der Waals surface area contributed by atoms with Crippen LogP contribution in [0.1, 0.15) is 74.6 Å². The van der Waals surface area contributed by atoms with Crippen LogP contribution in [0.3, 0.4) is 0 Å². The molecular formula is C24H31N3O3. The second kappa shape index (κ2) is 8.50. The van der Waals surface area contributed by atoms with Gasteiger partial charge in [-0.15, -0.1) is 0 Å². The second-order valence-corrected chi connectivity index (χ2v) is 9.11. The molecule has 5 rings (SSSR count). The molecule has 2 aliphatic carbocycles. The Morgan fingerprint density at radius 2 is 1.93 bits per heavy atom. The molecule has 1 saturated heterocycles. The molecule has 6 nitrogen and oxygen atoms in total. The fraction of sp³-hybridized carbons (Fsp3) is 0.625. The van der Waals surface area contributed by atoms with Crippen LogP contribution >= 0.6 is 0 Å². The van der Waals surface area contributed by atoms with Gasteiger partial charge in [-0.3, -0.25) is 4.79 Å². The van der Waals surface area contributed by atoms with Crippen molar-refractivity contribution in [2.45, 2.75) is 75.2 Å². The van der Waals surface area contributed by atoms with Crippen LogP contribution in [0, 0.1) is 0 Å². The molecule has 0 radical (unpaired) electrons. The quantitative estimate of drug-likeness (QED) is 0.691. The Balaban J connectivity index is 1.18. The fourth-order valence-electron chi connectivity index (χ4n) is 5.11. The first kappa shape index (κ1) is 19.7. The summed E-state index contributed by atoms with van der Waals surface area (Å²) in [5.74, 6) is 2.29. The Morgan fingerprint density at radius 1 is 1.13 bits per heavy atom. The molecule has 3 fully saturated rings. The molecular weight excluding hydrogens is 378 g/mol. The molecule has 0 spiro atoms. The van der Waals surface area contributed by atoms with Crippen molar-refractivity contribution in [2.24, 2.45) is 0 Å². The maximum Gasteiger partial charge on any atom is 0.233 e. The van der Waals surface area contributed by atoms with Crippen molar-refractivity contribution in [1.82, 2.24) is 15.0 Å². The zero-order valence-corrected chi connectivity index (χ0v) is 17.6. The molecule has 0 N–H and O–H groups in total. The highest BCUT2D eigenvalue weighted by molar-refractivity contribution is 5.88. The van der Waals surface area contributed by atoms with Crippen molar-refractivity contribution in [3.8, 4) is 0 Å². The van der Waals surface area contributed by atoms with Crippen molar-refractivity contribution < 1.29 is 14.1 Å². The number of carbonyl (C=O) groups is 1. The number of nitrogens with zero attached hydrogens (tertiary/aromatic N) is 3. The Hall–Kier alpha value is -2.21. The summed E-state index contributed by atoms with van der Waals surface area (Å²) in [7, 11) is 0. The Kier molecular flexibility index (Phi) is 5.59. The molecule has 0 bridgehead atoms. The third-order valence-electron chi connectivity index (χ3n) is 6.95. The van der Waals surface area contributed by atoms with Crippen LogP contribution in [0.4, 0.5) is 0 Å². The van der Waals surface area contributed by atoms with Crippen molar-refractivity contribution in [3.63, 3.8) is 0 Å². The normalized spacial score (nSPS) is 23.6. The molecule has 1 aromatic carbocycles. The standard InChI is InChI=1S/C24H31N3O3/c28-23(24(13-4-5-14-24)19-7-2-1-3-8-19)27-15-6-9-20(17-27)29-16-12-21-25-22(30-26-21)18-10-11-18/h1-3,7-8,18,20H,4-6,9-17H2. The summed E-state index contributed by atoms with van der Waals surface area (Å²) in [5, 5.41) is 4.07. The summed E-state index contributed by atoms with van der Waals surface area (Å²) in [4.78, 5) is 20.2. The first-order valence-electron chi connectivity index (χ1n) is 11.5. The van der Waals surface area contributed by atoms with E-state index in [1.807, 2.05) is 6.07 Å². The van der Waals surface area contributed by atoms with Crippen LogP contribution in [-0.4, -0.2) is 46.7 Å². The van der Waals surface area contributed by atoms with E-state index in [0.29, 0.717) is 31.4 Å². The molecule has 1 atom stereocenters. The predicted octanol–water partition coefficient (Wildman–Crippen LogP) is 4.01. The molecule has 3 aliphatic rings. The summed E-state index contributed by atoms with van der Waals surface area (Å²) in [6.45, 7) is 2.09. The third kappa shape index (κ3) is 4.02. The van der Waals surface area contributed by atoms with Crippen LogP contribution in [0.5, 0.6) is 0 Å². The van der Waals surface area contributed by atoms with Gasteiger partial charge in [-0.05, 0) is 44.1 Å². The minimum absolute atomic E-state index is 0.0896. The fourth-order valence-corrected chi connectivity index (χ4v) is 5.11. The molecule has 6 heteroatoms. The molecule has 1 unspecified atom stereocenters. The average molecular weight is 410 g/mol. The SMILES string of the molecule is O=C(N1CCCC(OCCc2noc(C3CC3)n2)C1)C1(c2ccccc2)CCCC1. The maximum atomic E-state index is 13.7. The van der Waals surface area contributed by atoms with Gasteiger partial charge in [0.05, 0.1) is 18.1 Å². The molecule has 160 valence electrons. The van der Waals surface area contributed by atoms with Crippen LogP contribution < -0.4 is 0 Å². The van der Waals surface area contributed by atoms with E-state index in [0.717, 1.165) is 69.6 Å². The second-order valence-electron chi connectivity index (χ2n) is 9.11. The Morgan fingerprint density at radius 3 is 2.70 bits per heavy atom. The molecule has 30 heavy (non-hydrogen) atoms. The van der Waals surface area contributed by atoms with Gasteiger partial charge in [0.15, 0.2) is 5.82 Å². The van der Waals surface area contributed by atoms with E-state index in [9.17, 15) is 4.79 Å². The van der Waals surface area contributed by atoms with Gasteiger partial charge in [-0.2, -0.15) is 4.98 Å². The molecule has 1 aliphatic heterocycles. The van der Waals surface area contributed by atoms with Crippen LogP contribution in [-0.2, 0) is 21.4 Å². The van der Waals surface area contributed by atoms with Crippen molar-refractivity contribution in [3.05, 3.63) is 47.6 Å². The molecule has 2 saturated carbocycles. The minimum atomic E-state index is -0.340. The van der Waals surface area contributed by atoms with Gasteiger partial charge >= 0.3 is 0 Å². The lowest BCUT2D eigenvalue weighted by atomic mass is 9.77. The summed E-state index contributed by atoms with van der Waals surface area (Å²) < 4.78 is 11.5. The highest BCUT2D eigenvalue weighted by Gasteiger charge is 2.45. The number of rotatable bonds is 7. The van der Waals surface area contributed by atoms with Gasteiger partial charge in [0.1, 0.15) is 0 Å². The van der Waals surface area contributed by atoms with E-state index >= 15 is 0 Å². The summed E-state index contributed by atoms with van der Waals surface area (Å²) in [6.07, 6.45) is 9.24. The number of likely N-dealkylation sites (tertiary alicyclic amines) is 1. The zero-order valence-electron chi connectivity index (χ0n) is 17.6. The van der Waals surface area contributed by atoms with E-state index in [1.165, 1.54) is 5.56 Å². The van der Waals surface area contributed by atoms with Gasteiger partial charge in [-0.1, -0.05) is 48.3 Å². The molecule has 1 amide bonds. The van der Waals surface area contributed by atoms with Crippen molar-refractivity contribution in [1.29, 1.82) is 0 Å². The number of ether oxygens (including phenoxy) is 1. The van der Waals surface area contributed by atoms with Crippen LogP contribution in [0.2, 0.25) is 0 Å². The Labute approximate surface area is 178 Å². The van der Waals surface area contributed by atoms with Gasteiger partial charge < -0.3 is 14.2 Å². The number of piperidine rings is 1. The first-order valence-corrected chi connectivity index (χ1v) is 11.5. The first-order chi connectivity index (χ1) is 14.7. The van der Waals surface area contributed by atoms with E-state index in [1.54, 1.807) is 0 Å². The summed E-state index contributed by atoms with van der Waals surface area (Å²) >= 11 is 0. The van der Waals surface area contributed by atoms with Crippen molar-refractivity contribution in [2.75, 3.05) is 19.7 Å². The van der Waals surface area contributed by atoms with Gasteiger partial charge in [0, 0.05) is 25.4 Å². The molecule has 1 aromatic heterocycles. The van der Waals surface area contributed by atoms with E-state index in [4.69, 9.17) is 9.26 Å².